The number of rotatable bonds is 2. The number of H-pyrrole nitrogens is 1. The Kier molecular flexibility index (Phi) is 2.89. The molecule has 0 atom stereocenters. The van der Waals surface area contributed by atoms with Crippen molar-refractivity contribution < 1.29 is 13.2 Å². The first-order chi connectivity index (χ1) is 9.04. The normalized spacial score (nSPS) is 14.7. The van der Waals surface area contributed by atoms with Gasteiger partial charge in [0.15, 0.2) is 11.6 Å². The Balaban J connectivity index is 2.16. The van der Waals surface area contributed by atoms with Crippen LogP contribution >= 0.6 is 12.2 Å². The van der Waals surface area contributed by atoms with Crippen molar-refractivity contribution in [1.82, 2.24) is 9.97 Å². The predicted molar refractivity (Wildman–Crippen MR) is 66.7 cm³/mol. The standard InChI is InChI=1S/C13H9F3N2S/c14-8-4-10(16)9(15)3-7(8)11-5-12(19)18-13(17-11)6-1-2-6/h3-6H,1-2H2,(H,17,18,19). The van der Waals surface area contributed by atoms with Gasteiger partial charge in [0.1, 0.15) is 16.3 Å². The molecule has 1 aliphatic rings. The SMILES string of the molecule is Fc1cc(F)c(-c2cc(=S)nc(C3CC3)[nH]2)cc1F. The van der Waals surface area contributed by atoms with E-state index in [0.717, 1.165) is 18.9 Å². The van der Waals surface area contributed by atoms with Crippen LogP contribution in [0, 0.1) is 22.1 Å². The molecule has 0 bridgehead atoms. The smallest absolute Gasteiger partial charge is 0.161 e. The highest BCUT2D eigenvalue weighted by atomic mass is 32.1. The average molecular weight is 282 g/mol. The van der Waals surface area contributed by atoms with E-state index < -0.39 is 17.5 Å². The Morgan fingerprint density at radius 1 is 1.05 bits per heavy atom. The highest BCUT2D eigenvalue weighted by molar-refractivity contribution is 7.71. The van der Waals surface area contributed by atoms with E-state index in [1.165, 1.54) is 6.07 Å². The summed E-state index contributed by atoms with van der Waals surface area (Å²) >= 11 is 5.01. The lowest BCUT2D eigenvalue weighted by atomic mass is 10.1. The van der Waals surface area contributed by atoms with Crippen LogP contribution in [0.25, 0.3) is 11.3 Å². The van der Waals surface area contributed by atoms with Crippen LogP contribution < -0.4 is 0 Å². The van der Waals surface area contributed by atoms with Crippen LogP contribution in [0.2, 0.25) is 0 Å². The monoisotopic (exact) mass is 282 g/mol. The maximum absolute atomic E-state index is 13.7. The lowest BCUT2D eigenvalue weighted by Gasteiger charge is -2.07. The summed E-state index contributed by atoms with van der Waals surface area (Å²) in [5.74, 6) is -2.17. The molecule has 0 saturated heterocycles. The van der Waals surface area contributed by atoms with Crippen molar-refractivity contribution in [3.63, 3.8) is 0 Å². The molecule has 1 N–H and O–H groups in total. The van der Waals surface area contributed by atoms with Gasteiger partial charge in [-0.15, -0.1) is 0 Å². The van der Waals surface area contributed by atoms with Crippen molar-refractivity contribution in [3.05, 3.63) is 46.1 Å². The molecule has 1 fully saturated rings. The van der Waals surface area contributed by atoms with Crippen LogP contribution in [-0.2, 0) is 0 Å². The number of halogens is 3. The van der Waals surface area contributed by atoms with Crippen molar-refractivity contribution in [2.24, 2.45) is 0 Å². The molecule has 0 spiro atoms. The summed E-state index contributed by atoms with van der Waals surface area (Å²) in [5, 5.41) is 0. The summed E-state index contributed by atoms with van der Waals surface area (Å²) in [4.78, 5) is 7.10. The minimum absolute atomic E-state index is 0.0469. The molecule has 1 saturated carbocycles. The van der Waals surface area contributed by atoms with Crippen LogP contribution in [0.15, 0.2) is 18.2 Å². The second kappa shape index (κ2) is 4.45. The largest absolute Gasteiger partial charge is 0.343 e. The predicted octanol–water partition coefficient (Wildman–Crippen LogP) is 4.10. The zero-order valence-corrected chi connectivity index (χ0v) is 10.5. The van der Waals surface area contributed by atoms with E-state index in [-0.39, 0.29) is 5.56 Å². The van der Waals surface area contributed by atoms with Crippen LogP contribution in [0.1, 0.15) is 24.6 Å². The Morgan fingerprint density at radius 2 is 1.74 bits per heavy atom. The molecule has 2 aromatic rings. The quantitative estimate of drug-likeness (QED) is 0.663. The minimum atomic E-state index is -1.21. The van der Waals surface area contributed by atoms with Crippen molar-refractivity contribution in [3.8, 4) is 11.3 Å². The van der Waals surface area contributed by atoms with E-state index >= 15 is 0 Å². The van der Waals surface area contributed by atoms with Gasteiger partial charge in [0.2, 0.25) is 0 Å². The number of aromatic nitrogens is 2. The van der Waals surface area contributed by atoms with E-state index in [2.05, 4.69) is 9.97 Å². The van der Waals surface area contributed by atoms with Crippen LogP contribution in [0.5, 0.6) is 0 Å². The Bertz CT molecular complexity index is 708. The molecule has 1 aromatic heterocycles. The maximum atomic E-state index is 13.7. The molecule has 6 heteroatoms. The molecule has 0 amide bonds. The van der Waals surface area contributed by atoms with E-state index in [9.17, 15) is 13.2 Å². The average Bonchev–Trinajstić information content (AvgIpc) is 3.17. The number of benzene rings is 1. The fourth-order valence-electron chi connectivity index (χ4n) is 1.90. The van der Waals surface area contributed by atoms with Gasteiger partial charge in [-0.2, -0.15) is 0 Å². The van der Waals surface area contributed by atoms with E-state index in [0.29, 0.717) is 28.1 Å². The third kappa shape index (κ3) is 2.40. The molecule has 3 rings (SSSR count). The third-order valence-corrected chi connectivity index (χ3v) is 3.23. The zero-order chi connectivity index (χ0) is 13.6. The summed E-state index contributed by atoms with van der Waals surface area (Å²) < 4.78 is 40.2. The number of hydrogen-bond donors (Lipinski definition) is 1. The first-order valence-electron chi connectivity index (χ1n) is 5.81. The summed E-state index contributed by atoms with van der Waals surface area (Å²) in [6, 6.07) is 2.79. The Labute approximate surface area is 112 Å². The molecule has 19 heavy (non-hydrogen) atoms. The zero-order valence-electron chi connectivity index (χ0n) is 9.71. The van der Waals surface area contributed by atoms with Gasteiger partial charge in [-0.1, -0.05) is 12.2 Å². The van der Waals surface area contributed by atoms with Crippen molar-refractivity contribution in [2.75, 3.05) is 0 Å². The number of nitrogens with one attached hydrogen (secondary N) is 1. The molecule has 0 radical (unpaired) electrons. The molecular weight excluding hydrogens is 273 g/mol. The van der Waals surface area contributed by atoms with E-state index in [1.54, 1.807) is 0 Å². The minimum Gasteiger partial charge on any atom is -0.343 e. The van der Waals surface area contributed by atoms with Gasteiger partial charge in [-0.25, -0.2) is 18.2 Å². The highest BCUT2D eigenvalue weighted by Crippen LogP contribution is 2.38. The first kappa shape index (κ1) is 12.3. The highest BCUT2D eigenvalue weighted by Gasteiger charge is 2.26. The molecule has 98 valence electrons. The number of nitrogens with zero attached hydrogens (tertiary/aromatic N) is 1. The second-order valence-electron chi connectivity index (χ2n) is 4.54. The van der Waals surface area contributed by atoms with E-state index in [1.807, 2.05) is 0 Å². The van der Waals surface area contributed by atoms with Gasteiger partial charge >= 0.3 is 0 Å². The second-order valence-corrected chi connectivity index (χ2v) is 4.96. The van der Waals surface area contributed by atoms with E-state index in [4.69, 9.17) is 12.2 Å². The molecule has 1 heterocycles. The van der Waals surface area contributed by atoms with Crippen molar-refractivity contribution >= 4 is 12.2 Å². The number of hydrogen-bond acceptors (Lipinski definition) is 2. The van der Waals surface area contributed by atoms with Gasteiger partial charge < -0.3 is 4.98 Å². The van der Waals surface area contributed by atoms with Crippen LogP contribution in [0.3, 0.4) is 0 Å². The van der Waals surface area contributed by atoms with Crippen molar-refractivity contribution in [2.45, 2.75) is 18.8 Å². The topological polar surface area (TPSA) is 28.7 Å². The fraction of sp³-hybridized carbons (Fsp3) is 0.231. The van der Waals surface area contributed by atoms with Gasteiger partial charge in [0.25, 0.3) is 0 Å². The summed E-state index contributed by atoms with van der Waals surface area (Å²) in [6.07, 6.45) is 2.00. The molecule has 1 aromatic carbocycles. The number of aromatic amines is 1. The summed E-state index contributed by atoms with van der Waals surface area (Å²) in [6.45, 7) is 0. The molecule has 0 aliphatic heterocycles. The lowest BCUT2D eigenvalue weighted by molar-refractivity contribution is 0.496. The van der Waals surface area contributed by atoms with Crippen molar-refractivity contribution in [1.29, 1.82) is 0 Å². The molecule has 0 unspecified atom stereocenters. The summed E-state index contributed by atoms with van der Waals surface area (Å²) in [5.41, 5.74) is 0.271. The van der Waals surface area contributed by atoms with Gasteiger partial charge in [0.05, 0.1) is 5.69 Å². The molecule has 1 aliphatic carbocycles. The Hall–Kier alpha value is -1.69. The first-order valence-corrected chi connectivity index (χ1v) is 6.21. The van der Waals surface area contributed by atoms with Gasteiger partial charge in [-0.05, 0) is 25.0 Å². The van der Waals surface area contributed by atoms with Gasteiger partial charge in [0, 0.05) is 17.5 Å². The Morgan fingerprint density at radius 3 is 2.42 bits per heavy atom. The fourth-order valence-corrected chi connectivity index (χ4v) is 2.12. The molecule has 2 nitrogen and oxygen atoms in total. The summed E-state index contributed by atoms with van der Waals surface area (Å²) in [7, 11) is 0. The maximum Gasteiger partial charge on any atom is 0.161 e. The molecular formula is C13H9F3N2S. The van der Waals surface area contributed by atoms with Crippen LogP contribution in [0.4, 0.5) is 13.2 Å². The lowest BCUT2D eigenvalue weighted by Crippen LogP contribution is -1.98. The van der Waals surface area contributed by atoms with Crippen LogP contribution in [-0.4, -0.2) is 9.97 Å². The third-order valence-electron chi connectivity index (χ3n) is 3.03. The van der Waals surface area contributed by atoms with Gasteiger partial charge in [-0.3, -0.25) is 0 Å².